The van der Waals surface area contributed by atoms with Gasteiger partial charge < -0.3 is 19.4 Å². The Hall–Kier alpha value is -2.31. The fraction of sp³-hybridized carbons (Fsp3) is 0.611. The molecular formula is C18H26N4O3. The molecule has 0 bridgehead atoms. The number of fused-ring (bicyclic) bond motifs is 1. The van der Waals surface area contributed by atoms with E-state index in [1.807, 2.05) is 33.8 Å². The number of nitrogens with zero attached hydrogens (tertiary/aromatic N) is 3. The van der Waals surface area contributed by atoms with Crippen molar-refractivity contribution in [3.05, 3.63) is 18.2 Å². The number of carbonyl (C=O) groups is 1. The summed E-state index contributed by atoms with van der Waals surface area (Å²) in [7, 11) is 0. The second-order valence-corrected chi connectivity index (χ2v) is 7.54. The third-order valence-corrected chi connectivity index (χ3v) is 4.25. The molecule has 1 amide bonds. The summed E-state index contributed by atoms with van der Waals surface area (Å²) >= 11 is 0. The molecule has 25 heavy (non-hydrogen) atoms. The molecule has 1 aliphatic rings. The van der Waals surface area contributed by atoms with Crippen LogP contribution >= 0.6 is 0 Å². The number of furan rings is 1. The quantitative estimate of drug-likeness (QED) is 0.919. The summed E-state index contributed by atoms with van der Waals surface area (Å²) in [6.45, 7) is 9.90. The molecule has 2 aromatic heterocycles. The maximum Gasteiger partial charge on any atom is 0.407 e. The molecule has 0 spiro atoms. The molecule has 0 saturated carbocycles. The molecule has 136 valence electrons. The van der Waals surface area contributed by atoms with Gasteiger partial charge in [0.25, 0.3) is 0 Å². The van der Waals surface area contributed by atoms with Crippen LogP contribution in [0.5, 0.6) is 0 Å². The normalized spacial score (nSPS) is 16.2. The highest BCUT2D eigenvalue weighted by Gasteiger charge is 2.24. The van der Waals surface area contributed by atoms with Crippen LogP contribution in [0.1, 0.15) is 39.4 Å². The first kappa shape index (κ1) is 17.5. The highest BCUT2D eigenvalue weighted by Crippen LogP contribution is 2.28. The summed E-state index contributed by atoms with van der Waals surface area (Å²) in [5, 5.41) is 2.87. The van der Waals surface area contributed by atoms with Crippen molar-refractivity contribution in [3.8, 4) is 0 Å². The number of ether oxygens (including phenoxy) is 1. The Morgan fingerprint density at radius 1 is 1.36 bits per heavy atom. The Labute approximate surface area is 147 Å². The molecule has 2 aromatic rings. The van der Waals surface area contributed by atoms with E-state index in [1.165, 1.54) is 0 Å². The summed E-state index contributed by atoms with van der Waals surface area (Å²) in [4.78, 5) is 23.0. The van der Waals surface area contributed by atoms with Gasteiger partial charge in [0.05, 0.1) is 6.26 Å². The summed E-state index contributed by atoms with van der Waals surface area (Å²) in [6.07, 6.45) is 3.28. The standard InChI is InChI=1S/C18H26N4O3/c1-12-20-14-7-10-24-15(14)16(21-12)22-8-5-13(6-9-22)11-19-17(23)25-18(2,3)4/h7,10,13H,5-6,8-9,11H2,1-4H3,(H,19,23). The number of piperidine rings is 1. The van der Waals surface area contributed by atoms with E-state index in [2.05, 4.69) is 20.2 Å². The molecule has 0 atom stereocenters. The molecule has 0 aromatic carbocycles. The topological polar surface area (TPSA) is 80.5 Å². The van der Waals surface area contributed by atoms with Crippen LogP contribution in [0.2, 0.25) is 0 Å². The molecule has 1 N–H and O–H groups in total. The monoisotopic (exact) mass is 346 g/mol. The van der Waals surface area contributed by atoms with E-state index in [0.29, 0.717) is 12.5 Å². The van der Waals surface area contributed by atoms with E-state index in [-0.39, 0.29) is 6.09 Å². The van der Waals surface area contributed by atoms with E-state index in [9.17, 15) is 4.79 Å². The minimum absolute atomic E-state index is 0.348. The first-order valence-corrected chi connectivity index (χ1v) is 8.75. The zero-order valence-electron chi connectivity index (χ0n) is 15.3. The van der Waals surface area contributed by atoms with Crippen molar-refractivity contribution in [1.82, 2.24) is 15.3 Å². The van der Waals surface area contributed by atoms with Gasteiger partial charge >= 0.3 is 6.09 Å². The molecule has 0 unspecified atom stereocenters. The van der Waals surface area contributed by atoms with Gasteiger partial charge in [0.2, 0.25) is 0 Å². The fourth-order valence-electron chi connectivity index (χ4n) is 3.07. The summed E-state index contributed by atoms with van der Waals surface area (Å²) in [5.41, 5.74) is 1.12. The Morgan fingerprint density at radius 3 is 2.76 bits per heavy atom. The van der Waals surface area contributed by atoms with Gasteiger partial charge in [0, 0.05) is 25.7 Å². The highest BCUT2D eigenvalue weighted by molar-refractivity contribution is 5.84. The molecule has 1 aliphatic heterocycles. The number of anilines is 1. The van der Waals surface area contributed by atoms with E-state index in [0.717, 1.165) is 48.7 Å². The smallest absolute Gasteiger partial charge is 0.407 e. The van der Waals surface area contributed by atoms with Crippen molar-refractivity contribution < 1.29 is 13.9 Å². The summed E-state index contributed by atoms with van der Waals surface area (Å²) in [6, 6.07) is 1.87. The van der Waals surface area contributed by atoms with Crippen LogP contribution in [0, 0.1) is 12.8 Å². The number of aromatic nitrogens is 2. The molecule has 7 nitrogen and oxygen atoms in total. The first-order chi connectivity index (χ1) is 11.8. The van der Waals surface area contributed by atoms with Crippen molar-refractivity contribution in [2.24, 2.45) is 5.92 Å². The van der Waals surface area contributed by atoms with E-state index < -0.39 is 5.60 Å². The fourth-order valence-corrected chi connectivity index (χ4v) is 3.07. The van der Waals surface area contributed by atoms with Crippen LogP contribution in [-0.4, -0.2) is 41.3 Å². The average molecular weight is 346 g/mol. The zero-order valence-corrected chi connectivity index (χ0v) is 15.3. The third kappa shape index (κ3) is 4.41. The Bertz CT molecular complexity index is 742. The minimum Gasteiger partial charge on any atom is -0.459 e. The number of nitrogens with one attached hydrogen (secondary N) is 1. The third-order valence-electron chi connectivity index (χ3n) is 4.25. The number of alkyl carbamates (subject to hydrolysis) is 1. The van der Waals surface area contributed by atoms with Gasteiger partial charge in [0.1, 0.15) is 16.9 Å². The van der Waals surface area contributed by atoms with Gasteiger partial charge in [-0.1, -0.05) is 0 Å². The number of hydrogen-bond acceptors (Lipinski definition) is 6. The highest BCUT2D eigenvalue weighted by atomic mass is 16.6. The lowest BCUT2D eigenvalue weighted by atomic mass is 9.97. The maximum atomic E-state index is 11.8. The van der Waals surface area contributed by atoms with Gasteiger partial charge in [-0.3, -0.25) is 0 Å². The van der Waals surface area contributed by atoms with Crippen molar-refractivity contribution >= 4 is 23.0 Å². The molecule has 0 aliphatic carbocycles. The van der Waals surface area contributed by atoms with Crippen LogP contribution in [-0.2, 0) is 4.74 Å². The van der Waals surface area contributed by atoms with Crippen molar-refractivity contribution in [3.63, 3.8) is 0 Å². The molecule has 7 heteroatoms. The lowest BCUT2D eigenvalue weighted by Crippen LogP contribution is -2.40. The molecular weight excluding hydrogens is 320 g/mol. The SMILES string of the molecule is Cc1nc(N2CCC(CNC(=O)OC(C)(C)C)CC2)c2occc2n1. The van der Waals surface area contributed by atoms with Gasteiger partial charge in [-0.05, 0) is 46.5 Å². The van der Waals surface area contributed by atoms with Crippen molar-refractivity contribution in [1.29, 1.82) is 0 Å². The predicted octanol–water partition coefficient (Wildman–Crippen LogP) is 3.27. The average Bonchev–Trinajstić information content (AvgIpc) is 2.99. The Morgan fingerprint density at radius 2 is 2.08 bits per heavy atom. The van der Waals surface area contributed by atoms with E-state index >= 15 is 0 Å². The Kier molecular flexibility index (Phi) is 4.83. The maximum absolute atomic E-state index is 11.8. The van der Waals surface area contributed by atoms with Crippen molar-refractivity contribution in [2.45, 2.75) is 46.1 Å². The Balaban J connectivity index is 1.55. The number of amides is 1. The number of hydrogen-bond donors (Lipinski definition) is 1. The number of rotatable bonds is 3. The lowest BCUT2D eigenvalue weighted by Gasteiger charge is -2.33. The van der Waals surface area contributed by atoms with Crippen molar-refractivity contribution in [2.75, 3.05) is 24.5 Å². The van der Waals surface area contributed by atoms with Crippen LogP contribution in [0.25, 0.3) is 11.1 Å². The molecule has 0 radical (unpaired) electrons. The molecule has 1 fully saturated rings. The summed E-state index contributed by atoms with van der Waals surface area (Å²) < 4.78 is 10.9. The van der Waals surface area contributed by atoms with Gasteiger partial charge in [-0.2, -0.15) is 0 Å². The second-order valence-electron chi connectivity index (χ2n) is 7.54. The van der Waals surface area contributed by atoms with Gasteiger partial charge in [-0.15, -0.1) is 0 Å². The molecule has 3 heterocycles. The minimum atomic E-state index is -0.466. The number of aryl methyl sites for hydroxylation is 1. The number of carbonyl (C=O) groups excluding carboxylic acids is 1. The zero-order chi connectivity index (χ0) is 18.0. The summed E-state index contributed by atoms with van der Waals surface area (Å²) in [5.74, 6) is 2.06. The largest absolute Gasteiger partial charge is 0.459 e. The van der Waals surface area contributed by atoms with Crippen LogP contribution < -0.4 is 10.2 Å². The second kappa shape index (κ2) is 6.90. The first-order valence-electron chi connectivity index (χ1n) is 8.75. The lowest BCUT2D eigenvalue weighted by molar-refractivity contribution is 0.0517. The molecule has 3 rings (SSSR count). The van der Waals surface area contributed by atoms with Gasteiger partial charge in [0.15, 0.2) is 11.4 Å². The van der Waals surface area contributed by atoms with Crippen LogP contribution in [0.3, 0.4) is 0 Å². The molecule has 1 saturated heterocycles. The van der Waals surface area contributed by atoms with Crippen LogP contribution in [0.4, 0.5) is 10.6 Å². The van der Waals surface area contributed by atoms with Crippen LogP contribution in [0.15, 0.2) is 16.7 Å². The van der Waals surface area contributed by atoms with E-state index in [1.54, 1.807) is 6.26 Å². The predicted molar refractivity (Wildman–Crippen MR) is 95.7 cm³/mol. The van der Waals surface area contributed by atoms with Gasteiger partial charge in [-0.25, -0.2) is 14.8 Å². The van der Waals surface area contributed by atoms with E-state index in [4.69, 9.17) is 9.15 Å².